The summed E-state index contributed by atoms with van der Waals surface area (Å²) in [4.78, 5) is 18.2. The zero-order valence-electron chi connectivity index (χ0n) is 13.8. The number of aryl methyl sites for hydroxylation is 2. The number of carbonyl (C=O) groups is 2. The van der Waals surface area contributed by atoms with Crippen molar-refractivity contribution < 1.29 is 24.5 Å². The van der Waals surface area contributed by atoms with Gasteiger partial charge in [0.1, 0.15) is 0 Å². The lowest BCUT2D eigenvalue weighted by molar-refractivity contribution is -0.159. The van der Waals surface area contributed by atoms with Crippen LogP contribution in [0.5, 0.6) is 0 Å². The number of nitrogens with one attached hydrogen (secondary N) is 1. The summed E-state index contributed by atoms with van der Waals surface area (Å²) in [5.74, 6) is -3.65. The van der Waals surface area contributed by atoms with E-state index in [0.29, 0.717) is 12.1 Å². The third-order valence-corrected chi connectivity index (χ3v) is 3.92. The van der Waals surface area contributed by atoms with E-state index in [1.165, 1.54) is 42.5 Å². The molecule has 2 unspecified atom stereocenters. The molecule has 0 saturated heterocycles. The normalized spacial score (nSPS) is 20.1. The molecule has 0 amide bonds. The van der Waals surface area contributed by atoms with Crippen molar-refractivity contribution in [2.75, 3.05) is 12.4 Å². The van der Waals surface area contributed by atoms with Gasteiger partial charge in [-0.1, -0.05) is 25.0 Å². The fourth-order valence-electron chi connectivity index (χ4n) is 2.64. The van der Waals surface area contributed by atoms with Crippen molar-refractivity contribution in [3.05, 3.63) is 29.3 Å². The first-order valence-corrected chi connectivity index (χ1v) is 7.68. The Labute approximate surface area is 136 Å². The van der Waals surface area contributed by atoms with Gasteiger partial charge in [-0.3, -0.25) is 0 Å². The number of rotatable bonds is 3. The number of aliphatic carboxylic acids is 2. The van der Waals surface area contributed by atoms with E-state index in [-0.39, 0.29) is 0 Å². The quantitative estimate of drug-likeness (QED) is 0.740. The van der Waals surface area contributed by atoms with Crippen molar-refractivity contribution in [1.29, 1.82) is 0 Å². The van der Waals surface area contributed by atoms with Gasteiger partial charge in [-0.25, -0.2) is 9.59 Å². The highest BCUT2D eigenvalue weighted by Crippen LogP contribution is 2.26. The van der Waals surface area contributed by atoms with Crippen LogP contribution in [0.4, 0.5) is 5.69 Å². The monoisotopic (exact) mass is 323 g/mol. The Kier molecular flexibility index (Phi) is 7.54. The average Bonchev–Trinajstić information content (AvgIpc) is 2.52. The van der Waals surface area contributed by atoms with Crippen LogP contribution in [0, 0.1) is 13.8 Å². The maximum Gasteiger partial charge on any atom is 0.414 e. The summed E-state index contributed by atoms with van der Waals surface area (Å²) in [6, 6.07) is 7.04. The second-order valence-corrected chi connectivity index (χ2v) is 5.74. The van der Waals surface area contributed by atoms with Gasteiger partial charge in [0.2, 0.25) is 0 Å². The van der Waals surface area contributed by atoms with E-state index in [4.69, 9.17) is 24.5 Å². The third-order valence-electron chi connectivity index (χ3n) is 3.92. The summed E-state index contributed by atoms with van der Waals surface area (Å²) in [5, 5.41) is 18.4. The molecule has 0 heterocycles. The van der Waals surface area contributed by atoms with Crippen molar-refractivity contribution in [2.24, 2.45) is 0 Å². The number of benzene rings is 1. The Balaban J connectivity index is 0.000000379. The number of methoxy groups -OCH3 is 1. The van der Waals surface area contributed by atoms with Crippen LogP contribution in [0.1, 0.15) is 36.8 Å². The summed E-state index contributed by atoms with van der Waals surface area (Å²) >= 11 is 0. The van der Waals surface area contributed by atoms with Gasteiger partial charge < -0.3 is 20.3 Å². The molecular formula is C17H25NO5. The second-order valence-electron chi connectivity index (χ2n) is 5.74. The molecule has 1 aliphatic carbocycles. The molecule has 2 rings (SSSR count). The van der Waals surface area contributed by atoms with Crippen molar-refractivity contribution in [3.8, 4) is 0 Å². The SMILES string of the molecule is COC1CCCCC1Nc1cc(C)ccc1C.O=C(O)C(=O)O. The molecule has 23 heavy (non-hydrogen) atoms. The zero-order chi connectivity index (χ0) is 17.4. The van der Waals surface area contributed by atoms with E-state index in [1.807, 2.05) is 7.11 Å². The van der Waals surface area contributed by atoms with Crippen LogP contribution in [0.25, 0.3) is 0 Å². The van der Waals surface area contributed by atoms with Gasteiger partial charge in [0.05, 0.1) is 12.1 Å². The lowest BCUT2D eigenvalue weighted by Gasteiger charge is -2.32. The van der Waals surface area contributed by atoms with Crippen LogP contribution in [0.15, 0.2) is 18.2 Å². The number of anilines is 1. The first-order valence-electron chi connectivity index (χ1n) is 7.68. The lowest BCUT2D eigenvalue weighted by atomic mass is 9.92. The van der Waals surface area contributed by atoms with Gasteiger partial charge in [-0.15, -0.1) is 0 Å². The maximum atomic E-state index is 9.10. The van der Waals surface area contributed by atoms with E-state index in [9.17, 15) is 0 Å². The summed E-state index contributed by atoms with van der Waals surface area (Å²) in [7, 11) is 1.83. The first-order chi connectivity index (χ1) is 10.8. The fourth-order valence-corrected chi connectivity index (χ4v) is 2.64. The molecule has 0 aromatic heterocycles. The minimum absolute atomic E-state index is 0.365. The van der Waals surface area contributed by atoms with E-state index in [1.54, 1.807) is 0 Å². The van der Waals surface area contributed by atoms with Crippen molar-refractivity contribution in [3.63, 3.8) is 0 Å². The summed E-state index contributed by atoms with van der Waals surface area (Å²) < 4.78 is 5.58. The smallest absolute Gasteiger partial charge is 0.414 e. The van der Waals surface area contributed by atoms with Gasteiger partial charge in [0, 0.05) is 12.8 Å². The number of carboxylic acids is 2. The lowest BCUT2D eigenvalue weighted by Crippen LogP contribution is -2.37. The van der Waals surface area contributed by atoms with Crippen molar-refractivity contribution in [1.82, 2.24) is 0 Å². The molecule has 1 aromatic rings. The molecule has 3 N–H and O–H groups in total. The highest BCUT2D eigenvalue weighted by atomic mass is 16.5. The van der Waals surface area contributed by atoms with Crippen molar-refractivity contribution in [2.45, 2.75) is 51.7 Å². The number of ether oxygens (including phenoxy) is 1. The molecule has 1 aromatic carbocycles. The van der Waals surface area contributed by atoms with E-state index >= 15 is 0 Å². The predicted octanol–water partition coefficient (Wildman–Crippen LogP) is 2.83. The zero-order valence-corrected chi connectivity index (χ0v) is 13.8. The summed E-state index contributed by atoms with van der Waals surface area (Å²) in [6.45, 7) is 4.30. The van der Waals surface area contributed by atoms with E-state index < -0.39 is 11.9 Å². The molecule has 1 aliphatic rings. The van der Waals surface area contributed by atoms with Gasteiger partial charge in [0.15, 0.2) is 0 Å². The van der Waals surface area contributed by atoms with Crippen LogP contribution >= 0.6 is 0 Å². The Hall–Kier alpha value is -2.08. The summed E-state index contributed by atoms with van der Waals surface area (Å²) in [5.41, 5.74) is 3.89. The van der Waals surface area contributed by atoms with Gasteiger partial charge in [-0.05, 0) is 43.9 Å². The maximum absolute atomic E-state index is 9.10. The first kappa shape index (κ1) is 19.0. The molecule has 1 fully saturated rings. The second kappa shape index (κ2) is 9.15. The Morgan fingerprint density at radius 3 is 2.30 bits per heavy atom. The standard InChI is InChI=1S/C15H23NO.C2H2O4/c1-11-8-9-12(2)14(10-11)16-13-6-4-5-7-15(13)17-3;3-1(4)2(5)6/h8-10,13,15-16H,4-7H2,1-3H3;(H,3,4)(H,5,6). The van der Waals surface area contributed by atoms with Crippen LogP contribution in [-0.4, -0.2) is 41.4 Å². The van der Waals surface area contributed by atoms with Crippen LogP contribution in [0.3, 0.4) is 0 Å². The minimum Gasteiger partial charge on any atom is -0.473 e. The predicted molar refractivity (Wildman–Crippen MR) is 87.9 cm³/mol. The third kappa shape index (κ3) is 6.28. The van der Waals surface area contributed by atoms with Gasteiger partial charge >= 0.3 is 11.9 Å². The molecular weight excluding hydrogens is 298 g/mol. The molecule has 128 valence electrons. The Morgan fingerprint density at radius 2 is 1.74 bits per heavy atom. The van der Waals surface area contributed by atoms with Crippen LogP contribution in [0.2, 0.25) is 0 Å². The van der Waals surface area contributed by atoms with Gasteiger partial charge in [-0.2, -0.15) is 0 Å². The molecule has 0 spiro atoms. The van der Waals surface area contributed by atoms with Gasteiger partial charge in [0.25, 0.3) is 0 Å². The Morgan fingerprint density at radius 1 is 1.13 bits per heavy atom. The molecule has 1 saturated carbocycles. The minimum atomic E-state index is -1.82. The van der Waals surface area contributed by atoms with E-state index in [2.05, 4.69) is 37.4 Å². The molecule has 0 aliphatic heterocycles. The number of hydrogen-bond acceptors (Lipinski definition) is 4. The molecule has 6 heteroatoms. The molecule has 0 radical (unpaired) electrons. The molecule has 2 atom stereocenters. The largest absolute Gasteiger partial charge is 0.473 e. The number of hydrogen-bond donors (Lipinski definition) is 3. The fraction of sp³-hybridized carbons (Fsp3) is 0.529. The van der Waals surface area contributed by atoms with E-state index in [0.717, 1.165) is 0 Å². The topological polar surface area (TPSA) is 95.9 Å². The molecule has 0 bridgehead atoms. The molecule has 6 nitrogen and oxygen atoms in total. The highest BCUT2D eigenvalue weighted by Gasteiger charge is 2.24. The number of carboxylic acid groups (broad SMARTS) is 2. The average molecular weight is 323 g/mol. The Bertz CT molecular complexity index is 532. The van der Waals surface area contributed by atoms with Crippen LogP contribution in [-0.2, 0) is 14.3 Å². The highest BCUT2D eigenvalue weighted by molar-refractivity contribution is 6.27. The van der Waals surface area contributed by atoms with Crippen molar-refractivity contribution >= 4 is 17.6 Å². The summed E-state index contributed by atoms with van der Waals surface area (Å²) in [6.07, 6.45) is 5.36. The van der Waals surface area contributed by atoms with Crippen LogP contribution < -0.4 is 5.32 Å².